The fourth-order valence-electron chi connectivity index (χ4n) is 2.44. The lowest BCUT2D eigenvalue weighted by molar-refractivity contribution is 0.308. The van der Waals surface area contributed by atoms with Crippen LogP contribution in [0.1, 0.15) is 45.3 Å². The van der Waals surface area contributed by atoms with Gasteiger partial charge in [0, 0.05) is 12.5 Å². The van der Waals surface area contributed by atoms with Gasteiger partial charge >= 0.3 is 0 Å². The van der Waals surface area contributed by atoms with Gasteiger partial charge in [-0.15, -0.1) is 0 Å². The monoisotopic (exact) mass is 223 g/mol. The zero-order valence-electron chi connectivity index (χ0n) is 10.8. The molecule has 1 heterocycles. The van der Waals surface area contributed by atoms with Crippen molar-refractivity contribution in [3.8, 4) is 0 Å². The SMILES string of the molecule is CCCC(CCC)C(Cc1ccco1)NC. The Bertz CT molecular complexity index is 250. The molecule has 0 saturated heterocycles. The van der Waals surface area contributed by atoms with Gasteiger partial charge in [-0.2, -0.15) is 0 Å². The Morgan fingerprint density at radius 2 is 1.94 bits per heavy atom. The molecule has 1 aromatic rings. The van der Waals surface area contributed by atoms with Crippen molar-refractivity contribution in [1.82, 2.24) is 5.32 Å². The van der Waals surface area contributed by atoms with E-state index < -0.39 is 0 Å². The maximum absolute atomic E-state index is 5.43. The van der Waals surface area contributed by atoms with Crippen molar-refractivity contribution in [2.45, 2.75) is 52.0 Å². The zero-order chi connectivity index (χ0) is 11.8. The summed E-state index contributed by atoms with van der Waals surface area (Å²) in [6.07, 6.45) is 7.91. The summed E-state index contributed by atoms with van der Waals surface area (Å²) in [6, 6.07) is 4.58. The van der Waals surface area contributed by atoms with Gasteiger partial charge in [-0.1, -0.05) is 26.7 Å². The van der Waals surface area contributed by atoms with Crippen molar-refractivity contribution >= 4 is 0 Å². The average molecular weight is 223 g/mol. The first-order chi connectivity index (χ1) is 7.81. The Labute approximate surface area is 99.4 Å². The molecule has 1 aromatic heterocycles. The molecule has 1 N–H and O–H groups in total. The van der Waals surface area contributed by atoms with Gasteiger partial charge in [0.05, 0.1) is 6.26 Å². The van der Waals surface area contributed by atoms with E-state index in [0.717, 1.165) is 18.1 Å². The lowest BCUT2D eigenvalue weighted by Crippen LogP contribution is -2.35. The van der Waals surface area contributed by atoms with Gasteiger partial charge in [0.2, 0.25) is 0 Å². The first-order valence-corrected chi connectivity index (χ1v) is 6.51. The van der Waals surface area contributed by atoms with Crippen molar-refractivity contribution in [2.24, 2.45) is 5.92 Å². The Balaban J connectivity index is 2.55. The van der Waals surface area contributed by atoms with Crippen LogP contribution in [0.3, 0.4) is 0 Å². The van der Waals surface area contributed by atoms with Gasteiger partial charge < -0.3 is 9.73 Å². The van der Waals surface area contributed by atoms with Crippen LogP contribution in [0, 0.1) is 5.92 Å². The van der Waals surface area contributed by atoms with Crippen molar-refractivity contribution in [3.63, 3.8) is 0 Å². The Kier molecular flexibility index (Phi) is 6.24. The minimum atomic E-state index is 0.547. The summed E-state index contributed by atoms with van der Waals surface area (Å²) in [4.78, 5) is 0. The molecule has 16 heavy (non-hydrogen) atoms. The summed E-state index contributed by atoms with van der Waals surface area (Å²) < 4.78 is 5.43. The van der Waals surface area contributed by atoms with Crippen LogP contribution >= 0.6 is 0 Å². The van der Waals surface area contributed by atoms with Crippen molar-refractivity contribution in [1.29, 1.82) is 0 Å². The molecule has 0 aromatic carbocycles. The molecule has 0 radical (unpaired) electrons. The summed E-state index contributed by atoms with van der Waals surface area (Å²) in [5.41, 5.74) is 0. The molecule has 1 atom stereocenters. The molecule has 0 spiro atoms. The second-order valence-corrected chi connectivity index (χ2v) is 4.52. The topological polar surface area (TPSA) is 25.2 Å². The first-order valence-electron chi connectivity index (χ1n) is 6.51. The highest BCUT2D eigenvalue weighted by atomic mass is 16.3. The fourth-order valence-corrected chi connectivity index (χ4v) is 2.44. The Morgan fingerprint density at radius 1 is 1.25 bits per heavy atom. The van der Waals surface area contributed by atoms with E-state index in [0.29, 0.717) is 6.04 Å². The minimum Gasteiger partial charge on any atom is -0.469 e. The van der Waals surface area contributed by atoms with Gasteiger partial charge in [0.1, 0.15) is 5.76 Å². The van der Waals surface area contributed by atoms with E-state index in [1.54, 1.807) is 6.26 Å². The molecule has 0 aliphatic heterocycles. The van der Waals surface area contributed by atoms with Crippen molar-refractivity contribution in [2.75, 3.05) is 7.05 Å². The van der Waals surface area contributed by atoms with Crippen LogP contribution in [0.5, 0.6) is 0 Å². The number of hydrogen-bond acceptors (Lipinski definition) is 2. The van der Waals surface area contributed by atoms with Crippen LogP contribution in [0.25, 0.3) is 0 Å². The smallest absolute Gasteiger partial charge is 0.105 e. The maximum atomic E-state index is 5.43. The van der Waals surface area contributed by atoms with Gasteiger partial charge in [0.25, 0.3) is 0 Å². The number of likely N-dealkylation sites (N-methyl/N-ethyl adjacent to an activating group) is 1. The summed E-state index contributed by atoms with van der Waals surface area (Å²) >= 11 is 0. The quantitative estimate of drug-likeness (QED) is 0.728. The number of nitrogens with one attached hydrogen (secondary N) is 1. The second-order valence-electron chi connectivity index (χ2n) is 4.52. The van der Waals surface area contributed by atoms with Crippen LogP contribution in [0.4, 0.5) is 0 Å². The summed E-state index contributed by atoms with van der Waals surface area (Å²) in [5, 5.41) is 3.45. The van der Waals surface area contributed by atoms with E-state index in [2.05, 4.69) is 32.3 Å². The molecule has 0 aliphatic carbocycles. The van der Waals surface area contributed by atoms with Crippen molar-refractivity contribution < 1.29 is 4.42 Å². The van der Waals surface area contributed by atoms with Gasteiger partial charge in [0.15, 0.2) is 0 Å². The Hall–Kier alpha value is -0.760. The predicted octanol–water partition coefficient (Wildman–Crippen LogP) is 3.63. The van der Waals surface area contributed by atoms with E-state index in [-0.39, 0.29) is 0 Å². The molecule has 2 nitrogen and oxygen atoms in total. The Morgan fingerprint density at radius 3 is 2.38 bits per heavy atom. The van der Waals surface area contributed by atoms with E-state index in [1.807, 2.05) is 6.07 Å². The van der Waals surface area contributed by atoms with Gasteiger partial charge in [-0.05, 0) is 37.9 Å². The standard InChI is InChI=1S/C14H25NO/c1-4-7-12(8-5-2)14(15-3)11-13-9-6-10-16-13/h6,9-10,12,14-15H,4-5,7-8,11H2,1-3H3. The third-order valence-corrected chi connectivity index (χ3v) is 3.26. The highest BCUT2D eigenvalue weighted by Gasteiger charge is 2.19. The average Bonchev–Trinajstić information content (AvgIpc) is 2.78. The van der Waals surface area contributed by atoms with E-state index in [4.69, 9.17) is 4.42 Å². The lowest BCUT2D eigenvalue weighted by Gasteiger charge is -2.25. The highest BCUT2D eigenvalue weighted by Crippen LogP contribution is 2.21. The van der Waals surface area contributed by atoms with Crippen LogP contribution in [-0.4, -0.2) is 13.1 Å². The van der Waals surface area contributed by atoms with E-state index in [9.17, 15) is 0 Å². The van der Waals surface area contributed by atoms with Gasteiger partial charge in [-0.3, -0.25) is 0 Å². The molecular weight excluding hydrogens is 198 g/mol. The summed E-state index contributed by atoms with van der Waals surface area (Å²) in [5.74, 6) is 1.86. The molecule has 92 valence electrons. The molecule has 0 fully saturated rings. The molecule has 0 aliphatic rings. The number of hydrogen-bond donors (Lipinski definition) is 1. The third-order valence-electron chi connectivity index (χ3n) is 3.26. The van der Waals surface area contributed by atoms with Crippen LogP contribution in [0.2, 0.25) is 0 Å². The first kappa shape index (κ1) is 13.3. The van der Waals surface area contributed by atoms with Crippen LogP contribution < -0.4 is 5.32 Å². The number of furan rings is 1. The second kappa shape index (κ2) is 7.50. The molecule has 0 amide bonds. The van der Waals surface area contributed by atoms with Crippen molar-refractivity contribution in [3.05, 3.63) is 24.2 Å². The third kappa shape index (κ3) is 4.01. The van der Waals surface area contributed by atoms with E-state index in [1.165, 1.54) is 25.7 Å². The normalized spacial score (nSPS) is 13.2. The molecule has 2 heteroatoms. The summed E-state index contributed by atoms with van der Waals surface area (Å²) in [7, 11) is 2.06. The molecular formula is C14H25NO. The van der Waals surface area contributed by atoms with Gasteiger partial charge in [-0.25, -0.2) is 0 Å². The van der Waals surface area contributed by atoms with Crippen LogP contribution in [0.15, 0.2) is 22.8 Å². The molecule has 1 unspecified atom stereocenters. The zero-order valence-corrected chi connectivity index (χ0v) is 10.8. The number of rotatable bonds is 8. The summed E-state index contributed by atoms with van der Waals surface area (Å²) in [6.45, 7) is 4.53. The largest absolute Gasteiger partial charge is 0.469 e. The molecule has 1 rings (SSSR count). The minimum absolute atomic E-state index is 0.547. The lowest BCUT2D eigenvalue weighted by atomic mass is 9.88. The highest BCUT2D eigenvalue weighted by molar-refractivity contribution is 5.01. The van der Waals surface area contributed by atoms with Crippen LogP contribution in [-0.2, 0) is 6.42 Å². The van der Waals surface area contributed by atoms with E-state index >= 15 is 0 Å². The molecule has 0 saturated carbocycles. The predicted molar refractivity (Wildman–Crippen MR) is 68.6 cm³/mol. The maximum Gasteiger partial charge on any atom is 0.105 e. The fraction of sp³-hybridized carbons (Fsp3) is 0.714. The molecule has 0 bridgehead atoms.